The number of carbonyl (C=O) groups excluding carboxylic acids is 1. The zero-order chi connectivity index (χ0) is 13.8. The minimum absolute atomic E-state index is 0. The van der Waals surface area contributed by atoms with Gasteiger partial charge < -0.3 is 24.7 Å². The molecule has 1 aromatic rings. The van der Waals surface area contributed by atoms with Crippen molar-refractivity contribution in [1.29, 1.82) is 0 Å². The Hall–Kier alpha value is -1.66. The summed E-state index contributed by atoms with van der Waals surface area (Å²) in [7, 11) is 1.54. The van der Waals surface area contributed by atoms with Crippen LogP contribution in [0, 0.1) is 0 Å². The lowest BCUT2D eigenvalue weighted by Crippen LogP contribution is -2.17. The molecule has 0 saturated carbocycles. The van der Waals surface area contributed by atoms with Crippen molar-refractivity contribution in [2.75, 3.05) is 20.5 Å². The van der Waals surface area contributed by atoms with Crippen LogP contribution in [0.3, 0.4) is 0 Å². The summed E-state index contributed by atoms with van der Waals surface area (Å²) in [6.45, 7) is 2.26. The molecule has 0 bridgehead atoms. The maximum atomic E-state index is 11.4. The molecule has 20 heavy (non-hydrogen) atoms. The van der Waals surface area contributed by atoms with Crippen LogP contribution in [0.4, 0.5) is 0 Å². The first-order chi connectivity index (χ1) is 9.15. The molecule has 1 atom stereocenters. The first kappa shape index (κ1) is 16.4. The number of halogens is 1. The molecule has 0 aromatic heterocycles. The quantitative estimate of drug-likeness (QED) is 0.836. The molecule has 0 unspecified atom stereocenters. The molecule has 2 rings (SSSR count). The molecule has 112 valence electrons. The van der Waals surface area contributed by atoms with Crippen LogP contribution in [-0.4, -0.2) is 26.5 Å². The van der Waals surface area contributed by atoms with Gasteiger partial charge in [0.2, 0.25) is 12.5 Å². The van der Waals surface area contributed by atoms with Crippen molar-refractivity contribution in [2.45, 2.75) is 19.4 Å². The SMILES string of the molecule is CCOC(=O)C[C@H](N)c1cc(OC)c2c(c1)OCO2.Cl. The summed E-state index contributed by atoms with van der Waals surface area (Å²) >= 11 is 0. The normalized spacial score (nSPS) is 13.3. The molecule has 6 nitrogen and oxygen atoms in total. The summed E-state index contributed by atoms with van der Waals surface area (Å²) in [6.07, 6.45) is 0.108. The van der Waals surface area contributed by atoms with E-state index in [2.05, 4.69) is 0 Å². The number of hydrogen-bond donors (Lipinski definition) is 1. The fraction of sp³-hybridized carbons (Fsp3) is 0.462. The van der Waals surface area contributed by atoms with Crippen LogP contribution in [0.5, 0.6) is 17.2 Å². The van der Waals surface area contributed by atoms with E-state index >= 15 is 0 Å². The summed E-state index contributed by atoms with van der Waals surface area (Å²) in [5.74, 6) is 1.36. The topological polar surface area (TPSA) is 80.0 Å². The summed E-state index contributed by atoms with van der Waals surface area (Å²) in [4.78, 5) is 11.4. The fourth-order valence-electron chi connectivity index (χ4n) is 1.88. The molecular formula is C13H18ClNO5. The van der Waals surface area contributed by atoms with Gasteiger partial charge in [-0.3, -0.25) is 4.79 Å². The zero-order valence-corrected chi connectivity index (χ0v) is 12.2. The van der Waals surface area contributed by atoms with E-state index in [-0.39, 0.29) is 31.6 Å². The highest BCUT2D eigenvalue weighted by molar-refractivity contribution is 5.85. The van der Waals surface area contributed by atoms with Gasteiger partial charge in [-0.15, -0.1) is 12.4 Å². The van der Waals surface area contributed by atoms with Crippen LogP contribution in [0.15, 0.2) is 12.1 Å². The first-order valence-corrected chi connectivity index (χ1v) is 6.04. The van der Waals surface area contributed by atoms with Gasteiger partial charge in [-0.05, 0) is 24.6 Å². The van der Waals surface area contributed by atoms with Crippen molar-refractivity contribution in [3.05, 3.63) is 17.7 Å². The Morgan fingerprint density at radius 1 is 1.45 bits per heavy atom. The Morgan fingerprint density at radius 3 is 2.85 bits per heavy atom. The number of benzene rings is 1. The van der Waals surface area contributed by atoms with Crippen molar-refractivity contribution >= 4 is 18.4 Å². The molecule has 0 aliphatic carbocycles. The van der Waals surface area contributed by atoms with Crippen molar-refractivity contribution < 1.29 is 23.7 Å². The second-order valence-electron chi connectivity index (χ2n) is 4.07. The molecule has 1 aliphatic rings. The number of esters is 1. The van der Waals surface area contributed by atoms with Crippen LogP contribution in [0.1, 0.15) is 24.9 Å². The van der Waals surface area contributed by atoms with Crippen LogP contribution in [0.25, 0.3) is 0 Å². The lowest BCUT2D eigenvalue weighted by molar-refractivity contribution is -0.143. The van der Waals surface area contributed by atoms with E-state index in [1.807, 2.05) is 0 Å². The van der Waals surface area contributed by atoms with E-state index < -0.39 is 6.04 Å². The molecule has 0 spiro atoms. The molecule has 0 saturated heterocycles. The number of carbonyl (C=O) groups is 1. The average molecular weight is 304 g/mol. The monoisotopic (exact) mass is 303 g/mol. The zero-order valence-electron chi connectivity index (χ0n) is 11.4. The third kappa shape index (κ3) is 3.46. The van der Waals surface area contributed by atoms with Gasteiger partial charge in [0.25, 0.3) is 0 Å². The van der Waals surface area contributed by atoms with E-state index in [1.54, 1.807) is 19.1 Å². The average Bonchev–Trinajstić information content (AvgIpc) is 2.85. The van der Waals surface area contributed by atoms with Crippen LogP contribution in [-0.2, 0) is 9.53 Å². The predicted octanol–water partition coefficient (Wildman–Crippen LogP) is 1.80. The summed E-state index contributed by atoms with van der Waals surface area (Å²) in [6, 6.07) is 3.04. The second kappa shape index (κ2) is 7.21. The number of hydrogen-bond acceptors (Lipinski definition) is 6. The summed E-state index contributed by atoms with van der Waals surface area (Å²) in [5.41, 5.74) is 6.74. The minimum Gasteiger partial charge on any atom is -0.493 e. The van der Waals surface area contributed by atoms with E-state index in [1.165, 1.54) is 7.11 Å². The molecule has 7 heteroatoms. The highest BCUT2D eigenvalue weighted by Gasteiger charge is 2.23. The van der Waals surface area contributed by atoms with Crippen molar-refractivity contribution in [3.63, 3.8) is 0 Å². The predicted molar refractivity (Wildman–Crippen MR) is 74.5 cm³/mol. The van der Waals surface area contributed by atoms with E-state index in [0.29, 0.717) is 23.9 Å². The molecular weight excluding hydrogens is 286 g/mol. The Kier molecular flexibility index (Phi) is 5.91. The third-order valence-electron chi connectivity index (χ3n) is 2.80. The Balaban J connectivity index is 0.00000200. The van der Waals surface area contributed by atoms with E-state index in [9.17, 15) is 4.79 Å². The van der Waals surface area contributed by atoms with Gasteiger partial charge in [0.1, 0.15) is 0 Å². The fourth-order valence-corrected chi connectivity index (χ4v) is 1.88. The largest absolute Gasteiger partial charge is 0.493 e. The number of nitrogens with two attached hydrogens (primary N) is 1. The van der Waals surface area contributed by atoms with E-state index in [0.717, 1.165) is 5.56 Å². The maximum Gasteiger partial charge on any atom is 0.307 e. The highest BCUT2D eigenvalue weighted by Crippen LogP contribution is 2.43. The second-order valence-corrected chi connectivity index (χ2v) is 4.07. The molecule has 0 radical (unpaired) electrons. The molecule has 2 N–H and O–H groups in total. The molecule has 1 aliphatic heterocycles. The maximum absolute atomic E-state index is 11.4. The Morgan fingerprint density at radius 2 is 2.20 bits per heavy atom. The smallest absolute Gasteiger partial charge is 0.307 e. The summed E-state index contributed by atoms with van der Waals surface area (Å²) < 4.78 is 20.7. The van der Waals surface area contributed by atoms with E-state index in [4.69, 9.17) is 24.7 Å². The molecule has 1 aromatic carbocycles. The molecule has 0 fully saturated rings. The molecule has 1 heterocycles. The Bertz CT molecular complexity index is 480. The van der Waals surface area contributed by atoms with Crippen LogP contribution < -0.4 is 19.9 Å². The van der Waals surface area contributed by atoms with Crippen LogP contribution in [0.2, 0.25) is 0 Å². The number of rotatable bonds is 5. The summed E-state index contributed by atoms with van der Waals surface area (Å²) in [5, 5.41) is 0. The van der Waals surface area contributed by atoms with Gasteiger partial charge in [0.05, 0.1) is 20.1 Å². The highest BCUT2D eigenvalue weighted by atomic mass is 35.5. The van der Waals surface area contributed by atoms with Gasteiger partial charge in [0, 0.05) is 6.04 Å². The van der Waals surface area contributed by atoms with Gasteiger partial charge in [0.15, 0.2) is 11.5 Å². The van der Waals surface area contributed by atoms with Crippen molar-refractivity contribution in [2.24, 2.45) is 5.73 Å². The van der Waals surface area contributed by atoms with Crippen molar-refractivity contribution in [3.8, 4) is 17.2 Å². The minimum atomic E-state index is -0.470. The Labute approximate surface area is 123 Å². The van der Waals surface area contributed by atoms with Crippen LogP contribution >= 0.6 is 12.4 Å². The van der Waals surface area contributed by atoms with Gasteiger partial charge in [-0.1, -0.05) is 0 Å². The number of ether oxygens (including phenoxy) is 4. The third-order valence-corrected chi connectivity index (χ3v) is 2.80. The van der Waals surface area contributed by atoms with Gasteiger partial charge >= 0.3 is 5.97 Å². The first-order valence-electron chi connectivity index (χ1n) is 6.04. The lowest BCUT2D eigenvalue weighted by atomic mass is 10.0. The van der Waals surface area contributed by atoms with Gasteiger partial charge in [-0.2, -0.15) is 0 Å². The van der Waals surface area contributed by atoms with Crippen molar-refractivity contribution in [1.82, 2.24) is 0 Å². The number of methoxy groups -OCH3 is 1. The lowest BCUT2D eigenvalue weighted by Gasteiger charge is -2.13. The standard InChI is InChI=1S/C13H17NO5.ClH/c1-3-17-12(15)6-9(14)8-4-10(16-2)13-11(5-8)18-7-19-13;/h4-5,9H,3,6-7,14H2,1-2H3;1H/t9-;/m0./s1. The molecule has 0 amide bonds. The number of fused-ring (bicyclic) bond motifs is 1. The van der Waals surface area contributed by atoms with Gasteiger partial charge in [-0.25, -0.2) is 0 Å².